The van der Waals surface area contributed by atoms with Crippen molar-refractivity contribution in [3.8, 4) is 0 Å². The molecule has 0 aliphatic heterocycles. The van der Waals surface area contributed by atoms with Gasteiger partial charge in [0.05, 0.1) is 16.4 Å². The zero-order valence-corrected chi connectivity index (χ0v) is 12.2. The van der Waals surface area contributed by atoms with E-state index < -0.39 is 0 Å². The minimum atomic E-state index is -0.179. The van der Waals surface area contributed by atoms with Crippen LogP contribution in [0.3, 0.4) is 0 Å². The maximum absolute atomic E-state index is 11.7. The van der Waals surface area contributed by atoms with Crippen LogP contribution in [0.4, 0.5) is 0 Å². The van der Waals surface area contributed by atoms with E-state index in [0.717, 1.165) is 16.9 Å². The van der Waals surface area contributed by atoms with E-state index in [9.17, 15) is 4.79 Å². The van der Waals surface area contributed by atoms with Crippen LogP contribution in [0.5, 0.6) is 0 Å². The zero-order valence-electron chi connectivity index (χ0n) is 11.4. The molecule has 1 aromatic carbocycles. The number of fused-ring (bicyclic) bond motifs is 1. The number of rotatable bonds is 4. The Bertz CT molecular complexity index is 589. The number of halogens is 1. The number of carbonyl (C=O) groups is 1. The summed E-state index contributed by atoms with van der Waals surface area (Å²) in [6.45, 7) is 2.50. The van der Waals surface area contributed by atoms with Crippen LogP contribution < -0.4 is 0 Å². The van der Waals surface area contributed by atoms with Crippen LogP contribution in [0.2, 0.25) is 0 Å². The van der Waals surface area contributed by atoms with Crippen LogP contribution in [-0.2, 0) is 11.3 Å². The van der Waals surface area contributed by atoms with Gasteiger partial charge in [0, 0.05) is 27.1 Å². The lowest BCUT2D eigenvalue weighted by molar-refractivity contribution is -0.128. The molecule has 1 atom stereocenters. The summed E-state index contributed by atoms with van der Waals surface area (Å²) in [5, 5.41) is -0.179. The van der Waals surface area contributed by atoms with Crippen molar-refractivity contribution in [2.24, 2.45) is 0 Å². The molecular formula is C14H18ClN3O. The zero-order chi connectivity index (χ0) is 14.0. The molecule has 1 amide bonds. The van der Waals surface area contributed by atoms with Gasteiger partial charge in [-0.05, 0) is 19.1 Å². The number of alkyl halides is 1. The number of amides is 1. The SMILES string of the molecule is CC(Cl)c1nc2ccccc2n1CCC(=O)N(C)C. The number of para-hydroxylation sites is 2. The predicted octanol–water partition coefficient (Wildman–Crippen LogP) is 2.81. The topological polar surface area (TPSA) is 38.1 Å². The van der Waals surface area contributed by atoms with Crippen molar-refractivity contribution in [3.63, 3.8) is 0 Å². The van der Waals surface area contributed by atoms with Gasteiger partial charge in [-0.25, -0.2) is 4.98 Å². The molecular weight excluding hydrogens is 262 g/mol. The van der Waals surface area contributed by atoms with E-state index in [2.05, 4.69) is 4.98 Å². The Morgan fingerprint density at radius 1 is 1.42 bits per heavy atom. The molecule has 102 valence electrons. The Balaban J connectivity index is 2.34. The highest BCUT2D eigenvalue weighted by atomic mass is 35.5. The lowest BCUT2D eigenvalue weighted by Crippen LogP contribution is -2.23. The summed E-state index contributed by atoms with van der Waals surface area (Å²) in [5.41, 5.74) is 1.94. The minimum absolute atomic E-state index is 0.103. The van der Waals surface area contributed by atoms with Crippen LogP contribution in [0.1, 0.15) is 24.5 Å². The first-order chi connectivity index (χ1) is 9.00. The number of benzene rings is 1. The highest BCUT2D eigenvalue weighted by Gasteiger charge is 2.15. The molecule has 0 spiro atoms. The molecule has 4 nitrogen and oxygen atoms in total. The summed E-state index contributed by atoms with van der Waals surface area (Å²) in [5.74, 6) is 0.917. The molecule has 2 rings (SSSR count). The van der Waals surface area contributed by atoms with Crippen molar-refractivity contribution in [2.75, 3.05) is 14.1 Å². The van der Waals surface area contributed by atoms with Gasteiger partial charge < -0.3 is 9.47 Å². The highest BCUT2D eigenvalue weighted by Crippen LogP contribution is 2.24. The molecule has 19 heavy (non-hydrogen) atoms. The van der Waals surface area contributed by atoms with Gasteiger partial charge in [0.1, 0.15) is 5.82 Å². The fourth-order valence-corrected chi connectivity index (χ4v) is 2.23. The van der Waals surface area contributed by atoms with Crippen molar-refractivity contribution < 1.29 is 4.79 Å². The van der Waals surface area contributed by atoms with E-state index in [1.165, 1.54) is 0 Å². The van der Waals surface area contributed by atoms with Gasteiger partial charge in [-0.3, -0.25) is 4.79 Å². The fraction of sp³-hybridized carbons (Fsp3) is 0.429. The second-order valence-corrected chi connectivity index (χ2v) is 5.42. The second-order valence-electron chi connectivity index (χ2n) is 4.76. The van der Waals surface area contributed by atoms with Gasteiger partial charge in [0.2, 0.25) is 5.91 Å². The van der Waals surface area contributed by atoms with Crippen LogP contribution in [0, 0.1) is 0 Å². The Kier molecular flexibility index (Phi) is 4.10. The third-order valence-electron chi connectivity index (χ3n) is 3.09. The van der Waals surface area contributed by atoms with Gasteiger partial charge in [0.25, 0.3) is 0 Å². The quantitative estimate of drug-likeness (QED) is 0.807. The summed E-state index contributed by atoms with van der Waals surface area (Å²) in [7, 11) is 3.53. The number of carbonyl (C=O) groups excluding carboxylic acids is 1. The van der Waals surface area contributed by atoms with Gasteiger partial charge in [-0.15, -0.1) is 11.6 Å². The van der Waals surface area contributed by atoms with E-state index in [0.29, 0.717) is 13.0 Å². The molecule has 1 unspecified atom stereocenters. The van der Waals surface area contributed by atoms with Gasteiger partial charge in [-0.1, -0.05) is 12.1 Å². The van der Waals surface area contributed by atoms with Crippen molar-refractivity contribution in [1.82, 2.24) is 14.5 Å². The van der Waals surface area contributed by atoms with Crippen molar-refractivity contribution in [1.29, 1.82) is 0 Å². The summed E-state index contributed by atoms with van der Waals surface area (Å²) in [6, 6.07) is 7.89. The summed E-state index contributed by atoms with van der Waals surface area (Å²) in [4.78, 5) is 17.9. The monoisotopic (exact) mass is 279 g/mol. The standard InChI is InChI=1S/C14H18ClN3O/c1-10(15)14-16-11-6-4-5-7-12(11)18(14)9-8-13(19)17(2)3/h4-7,10H,8-9H2,1-3H3. The molecule has 0 saturated carbocycles. The van der Waals surface area contributed by atoms with E-state index in [-0.39, 0.29) is 11.3 Å². The number of aromatic nitrogens is 2. The largest absolute Gasteiger partial charge is 0.349 e. The van der Waals surface area contributed by atoms with Gasteiger partial charge >= 0.3 is 0 Å². The van der Waals surface area contributed by atoms with Gasteiger partial charge in [0.15, 0.2) is 0 Å². The minimum Gasteiger partial charge on any atom is -0.349 e. The van der Waals surface area contributed by atoms with Crippen LogP contribution in [0.15, 0.2) is 24.3 Å². The molecule has 0 bridgehead atoms. The van der Waals surface area contributed by atoms with Crippen LogP contribution >= 0.6 is 11.6 Å². The first-order valence-electron chi connectivity index (χ1n) is 6.30. The van der Waals surface area contributed by atoms with E-state index >= 15 is 0 Å². The summed E-state index contributed by atoms with van der Waals surface area (Å²) < 4.78 is 2.04. The molecule has 0 aliphatic rings. The Morgan fingerprint density at radius 3 is 2.74 bits per heavy atom. The smallest absolute Gasteiger partial charge is 0.223 e. The molecule has 0 radical (unpaired) electrons. The Labute approximate surface area is 118 Å². The molecule has 1 aromatic heterocycles. The normalized spacial score (nSPS) is 12.6. The number of imidazole rings is 1. The van der Waals surface area contributed by atoms with E-state index in [1.807, 2.05) is 35.8 Å². The summed E-state index contributed by atoms with van der Waals surface area (Å²) >= 11 is 6.18. The number of nitrogens with zero attached hydrogens (tertiary/aromatic N) is 3. The van der Waals surface area contributed by atoms with E-state index in [1.54, 1.807) is 19.0 Å². The fourth-order valence-electron chi connectivity index (χ4n) is 2.06. The number of aryl methyl sites for hydroxylation is 1. The molecule has 5 heteroatoms. The van der Waals surface area contributed by atoms with Crippen molar-refractivity contribution in [2.45, 2.75) is 25.3 Å². The molecule has 1 heterocycles. The maximum atomic E-state index is 11.7. The van der Waals surface area contributed by atoms with Gasteiger partial charge in [-0.2, -0.15) is 0 Å². The molecule has 0 aliphatic carbocycles. The Morgan fingerprint density at radius 2 is 2.11 bits per heavy atom. The van der Waals surface area contributed by atoms with Crippen molar-refractivity contribution >= 4 is 28.5 Å². The molecule has 2 aromatic rings. The Hall–Kier alpha value is -1.55. The van der Waals surface area contributed by atoms with E-state index in [4.69, 9.17) is 11.6 Å². The van der Waals surface area contributed by atoms with Crippen molar-refractivity contribution in [3.05, 3.63) is 30.1 Å². The predicted molar refractivity (Wildman–Crippen MR) is 77.3 cm³/mol. The average molecular weight is 280 g/mol. The third-order valence-corrected chi connectivity index (χ3v) is 3.28. The maximum Gasteiger partial charge on any atom is 0.223 e. The number of hydrogen-bond acceptors (Lipinski definition) is 2. The lowest BCUT2D eigenvalue weighted by Gasteiger charge is -2.13. The van der Waals surface area contributed by atoms with Crippen LogP contribution in [-0.4, -0.2) is 34.5 Å². The lowest BCUT2D eigenvalue weighted by atomic mass is 10.3. The molecule has 0 N–H and O–H groups in total. The highest BCUT2D eigenvalue weighted by molar-refractivity contribution is 6.20. The first kappa shape index (κ1) is 13.9. The van der Waals surface area contributed by atoms with Crippen LogP contribution in [0.25, 0.3) is 11.0 Å². The summed E-state index contributed by atoms with van der Waals surface area (Å²) in [6.07, 6.45) is 0.448. The first-order valence-corrected chi connectivity index (χ1v) is 6.73. The number of hydrogen-bond donors (Lipinski definition) is 0. The average Bonchev–Trinajstić information content (AvgIpc) is 2.74. The third kappa shape index (κ3) is 2.89. The molecule has 0 fully saturated rings. The molecule has 0 saturated heterocycles. The second kappa shape index (κ2) is 5.61.